The maximum Gasteiger partial charge on any atom is 0.493 e. The molecule has 2 saturated heterocycles. The number of morpholine rings is 1. The molecule has 2 aliphatic heterocycles. The van der Waals surface area contributed by atoms with E-state index in [0.717, 1.165) is 57.3 Å². The van der Waals surface area contributed by atoms with Crippen LogP contribution in [0.25, 0.3) is 0 Å². The molecule has 6 heteroatoms. The standard InChI is InChI=1S/C17H26BNO4/c1-17(2)13-22-18(23-14-17)15-3-5-16(6-4-15)21-12-9-19-7-10-20-11-8-19/h3-6H,7-14H2,1-2H3. The summed E-state index contributed by atoms with van der Waals surface area (Å²) in [5.41, 5.74) is 1.14. The summed E-state index contributed by atoms with van der Waals surface area (Å²) in [6, 6.07) is 8.02. The number of rotatable bonds is 5. The molecule has 2 aliphatic rings. The van der Waals surface area contributed by atoms with Crippen LogP contribution in [0, 0.1) is 5.41 Å². The maximum atomic E-state index is 5.82. The summed E-state index contributed by atoms with van der Waals surface area (Å²) >= 11 is 0. The fourth-order valence-corrected chi connectivity index (χ4v) is 2.72. The van der Waals surface area contributed by atoms with Crippen molar-refractivity contribution in [1.29, 1.82) is 0 Å². The Hall–Kier alpha value is -1.08. The van der Waals surface area contributed by atoms with Crippen molar-refractivity contribution < 1.29 is 18.8 Å². The number of nitrogens with zero attached hydrogens (tertiary/aromatic N) is 1. The van der Waals surface area contributed by atoms with Gasteiger partial charge < -0.3 is 18.8 Å². The second-order valence-electron chi connectivity index (χ2n) is 6.99. The van der Waals surface area contributed by atoms with Crippen molar-refractivity contribution in [2.75, 3.05) is 52.7 Å². The van der Waals surface area contributed by atoms with Gasteiger partial charge in [-0.2, -0.15) is 0 Å². The molecule has 0 atom stereocenters. The van der Waals surface area contributed by atoms with Crippen LogP contribution < -0.4 is 10.2 Å². The monoisotopic (exact) mass is 319 g/mol. The quantitative estimate of drug-likeness (QED) is 0.762. The summed E-state index contributed by atoms with van der Waals surface area (Å²) in [5.74, 6) is 0.887. The summed E-state index contributed by atoms with van der Waals surface area (Å²) in [6.07, 6.45) is 0. The Bertz CT molecular complexity index is 478. The van der Waals surface area contributed by atoms with E-state index in [0.29, 0.717) is 6.61 Å². The molecule has 0 spiro atoms. The molecule has 3 rings (SSSR count). The Morgan fingerprint density at radius 3 is 2.39 bits per heavy atom. The fourth-order valence-electron chi connectivity index (χ4n) is 2.72. The van der Waals surface area contributed by atoms with Gasteiger partial charge in [0.05, 0.1) is 13.2 Å². The van der Waals surface area contributed by atoms with Gasteiger partial charge in [-0.05, 0) is 17.6 Å². The summed E-state index contributed by atoms with van der Waals surface area (Å²) in [5, 5.41) is 0. The highest BCUT2D eigenvalue weighted by Crippen LogP contribution is 2.21. The minimum atomic E-state index is -0.259. The zero-order chi connectivity index (χ0) is 16.1. The first kappa shape index (κ1) is 16.8. The molecular formula is C17H26BNO4. The molecule has 23 heavy (non-hydrogen) atoms. The highest BCUT2D eigenvalue weighted by molar-refractivity contribution is 6.61. The van der Waals surface area contributed by atoms with Crippen molar-refractivity contribution in [2.45, 2.75) is 13.8 Å². The average Bonchev–Trinajstić information content (AvgIpc) is 2.57. The SMILES string of the molecule is CC1(C)COB(c2ccc(OCCN3CCOCC3)cc2)OC1. The van der Waals surface area contributed by atoms with Gasteiger partial charge in [-0.1, -0.05) is 26.0 Å². The first-order chi connectivity index (χ1) is 11.1. The van der Waals surface area contributed by atoms with Crippen LogP contribution in [0.1, 0.15) is 13.8 Å². The van der Waals surface area contributed by atoms with Crippen LogP contribution in [0.4, 0.5) is 0 Å². The van der Waals surface area contributed by atoms with Crippen molar-refractivity contribution in [3.63, 3.8) is 0 Å². The van der Waals surface area contributed by atoms with Gasteiger partial charge in [0.25, 0.3) is 0 Å². The lowest BCUT2D eigenvalue weighted by Crippen LogP contribution is -2.47. The van der Waals surface area contributed by atoms with Gasteiger partial charge in [0.2, 0.25) is 0 Å². The van der Waals surface area contributed by atoms with Gasteiger partial charge in [-0.3, -0.25) is 4.90 Å². The summed E-state index contributed by atoms with van der Waals surface area (Å²) in [6.45, 7) is 11.0. The number of benzene rings is 1. The smallest absolute Gasteiger partial charge is 0.492 e. The van der Waals surface area contributed by atoms with E-state index in [9.17, 15) is 0 Å². The minimum absolute atomic E-state index is 0.0963. The molecule has 0 N–H and O–H groups in total. The summed E-state index contributed by atoms with van der Waals surface area (Å²) in [4.78, 5) is 2.36. The maximum absolute atomic E-state index is 5.82. The highest BCUT2D eigenvalue weighted by Gasteiger charge is 2.33. The topological polar surface area (TPSA) is 40.2 Å². The first-order valence-corrected chi connectivity index (χ1v) is 8.38. The Morgan fingerprint density at radius 1 is 1.09 bits per heavy atom. The van der Waals surface area contributed by atoms with E-state index in [4.69, 9.17) is 18.8 Å². The van der Waals surface area contributed by atoms with Crippen molar-refractivity contribution >= 4 is 12.6 Å². The molecule has 0 saturated carbocycles. The molecule has 0 unspecified atom stereocenters. The zero-order valence-electron chi connectivity index (χ0n) is 14.1. The van der Waals surface area contributed by atoms with Crippen LogP contribution in [-0.4, -0.2) is 64.7 Å². The zero-order valence-corrected chi connectivity index (χ0v) is 14.1. The van der Waals surface area contributed by atoms with Crippen LogP contribution in [0.2, 0.25) is 0 Å². The van der Waals surface area contributed by atoms with Gasteiger partial charge in [-0.15, -0.1) is 0 Å². The third-order valence-corrected chi connectivity index (χ3v) is 4.18. The molecule has 5 nitrogen and oxygen atoms in total. The number of hydrogen-bond donors (Lipinski definition) is 0. The van der Waals surface area contributed by atoms with E-state index in [-0.39, 0.29) is 12.5 Å². The van der Waals surface area contributed by atoms with Crippen LogP contribution in [0.5, 0.6) is 5.75 Å². The van der Waals surface area contributed by atoms with Gasteiger partial charge in [0.15, 0.2) is 0 Å². The number of ether oxygens (including phenoxy) is 2. The predicted molar refractivity (Wildman–Crippen MR) is 90.3 cm³/mol. The third-order valence-electron chi connectivity index (χ3n) is 4.18. The molecule has 1 aromatic carbocycles. The Balaban J connectivity index is 1.43. The van der Waals surface area contributed by atoms with Crippen molar-refractivity contribution in [1.82, 2.24) is 4.90 Å². The molecule has 0 bridgehead atoms. The fraction of sp³-hybridized carbons (Fsp3) is 0.647. The number of hydrogen-bond acceptors (Lipinski definition) is 5. The van der Waals surface area contributed by atoms with E-state index in [1.807, 2.05) is 24.3 Å². The summed E-state index contributed by atoms with van der Waals surface area (Å²) in [7, 11) is -0.259. The molecule has 2 fully saturated rings. The van der Waals surface area contributed by atoms with Crippen LogP contribution in [0.3, 0.4) is 0 Å². The van der Waals surface area contributed by atoms with Crippen molar-refractivity contribution in [3.05, 3.63) is 24.3 Å². The van der Waals surface area contributed by atoms with Crippen molar-refractivity contribution in [2.24, 2.45) is 5.41 Å². The average molecular weight is 319 g/mol. The lowest BCUT2D eigenvalue weighted by molar-refractivity contribution is 0.0322. The summed E-state index contributed by atoms with van der Waals surface area (Å²) < 4.78 is 22.8. The second-order valence-corrected chi connectivity index (χ2v) is 6.99. The normalized spacial score (nSPS) is 22.1. The van der Waals surface area contributed by atoms with Crippen LogP contribution in [-0.2, 0) is 14.0 Å². The van der Waals surface area contributed by atoms with Gasteiger partial charge in [0.1, 0.15) is 12.4 Å². The van der Waals surface area contributed by atoms with Gasteiger partial charge in [0, 0.05) is 38.3 Å². The molecule has 0 amide bonds. The van der Waals surface area contributed by atoms with E-state index in [1.165, 1.54) is 0 Å². The molecule has 0 aliphatic carbocycles. The second kappa shape index (κ2) is 7.66. The first-order valence-electron chi connectivity index (χ1n) is 8.38. The molecule has 126 valence electrons. The van der Waals surface area contributed by atoms with E-state index in [1.54, 1.807) is 0 Å². The minimum Gasteiger partial charge on any atom is -0.492 e. The molecular weight excluding hydrogens is 293 g/mol. The molecule has 2 heterocycles. The largest absolute Gasteiger partial charge is 0.493 e. The Kier molecular flexibility index (Phi) is 5.59. The predicted octanol–water partition coefficient (Wildman–Crippen LogP) is 1.17. The third kappa shape index (κ3) is 4.95. The highest BCUT2D eigenvalue weighted by atomic mass is 16.6. The van der Waals surface area contributed by atoms with E-state index in [2.05, 4.69) is 18.7 Å². The Labute approximate surface area is 139 Å². The molecule has 0 aromatic heterocycles. The van der Waals surface area contributed by atoms with E-state index >= 15 is 0 Å². The van der Waals surface area contributed by atoms with Crippen LogP contribution in [0.15, 0.2) is 24.3 Å². The van der Waals surface area contributed by atoms with Crippen molar-refractivity contribution in [3.8, 4) is 5.75 Å². The van der Waals surface area contributed by atoms with Gasteiger partial charge >= 0.3 is 7.12 Å². The Morgan fingerprint density at radius 2 is 1.74 bits per heavy atom. The van der Waals surface area contributed by atoms with Crippen LogP contribution >= 0.6 is 0 Å². The van der Waals surface area contributed by atoms with Gasteiger partial charge in [-0.25, -0.2) is 0 Å². The van der Waals surface area contributed by atoms with E-state index < -0.39 is 0 Å². The lowest BCUT2D eigenvalue weighted by atomic mass is 9.76. The lowest BCUT2D eigenvalue weighted by Gasteiger charge is -2.33. The molecule has 1 aromatic rings. The molecule has 0 radical (unpaired) electrons.